The first kappa shape index (κ1) is 15.7. The van der Waals surface area contributed by atoms with Gasteiger partial charge in [-0.2, -0.15) is 0 Å². The molecule has 0 radical (unpaired) electrons. The van der Waals surface area contributed by atoms with Gasteiger partial charge in [0.1, 0.15) is 0 Å². The van der Waals surface area contributed by atoms with Crippen molar-refractivity contribution in [2.75, 3.05) is 5.32 Å². The normalized spacial score (nSPS) is 11.1. The van der Waals surface area contributed by atoms with Gasteiger partial charge < -0.3 is 10.3 Å². The minimum absolute atomic E-state index is 1.11. The van der Waals surface area contributed by atoms with E-state index in [0.717, 1.165) is 11.4 Å². The Balaban J connectivity index is 1.54. The first-order valence-corrected chi connectivity index (χ1v) is 9.21. The Hall–Kier alpha value is -3.52. The van der Waals surface area contributed by atoms with Crippen molar-refractivity contribution < 1.29 is 0 Å². The average Bonchev–Trinajstić information content (AvgIpc) is 3.08. The summed E-state index contributed by atoms with van der Waals surface area (Å²) in [6.45, 7) is 2.15. The number of hydrogen-bond acceptors (Lipinski definition) is 1. The standard InChI is InChI=1S/C25H20N2/c1-17-15-18(11-13-23(17)26-20-7-3-2-4-8-20)19-12-14-25-22(16-19)21-9-5-6-10-24(21)27-25/h2-16,26-27H,1H3. The summed E-state index contributed by atoms with van der Waals surface area (Å²) < 4.78 is 0. The zero-order valence-corrected chi connectivity index (χ0v) is 15.2. The lowest BCUT2D eigenvalue weighted by atomic mass is 10.00. The molecule has 5 aromatic rings. The summed E-state index contributed by atoms with van der Waals surface area (Å²) >= 11 is 0. The van der Waals surface area contributed by atoms with Crippen LogP contribution in [0, 0.1) is 6.92 Å². The van der Waals surface area contributed by atoms with Crippen LogP contribution in [0.15, 0.2) is 91.0 Å². The van der Waals surface area contributed by atoms with E-state index in [1.54, 1.807) is 0 Å². The fourth-order valence-corrected chi connectivity index (χ4v) is 3.69. The molecule has 0 aliphatic heterocycles. The third-order valence-corrected chi connectivity index (χ3v) is 5.12. The van der Waals surface area contributed by atoms with Crippen LogP contribution in [-0.2, 0) is 0 Å². The van der Waals surface area contributed by atoms with Crippen molar-refractivity contribution in [3.63, 3.8) is 0 Å². The van der Waals surface area contributed by atoms with E-state index in [4.69, 9.17) is 0 Å². The van der Waals surface area contributed by atoms with Crippen molar-refractivity contribution in [2.24, 2.45) is 0 Å². The van der Waals surface area contributed by atoms with Gasteiger partial charge in [-0.1, -0.05) is 48.5 Å². The molecule has 0 saturated heterocycles. The second-order valence-corrected chi connectivity index (χ2v) is 6.95. The first-order valence-electron chi connectivity index (χ1n) is 9.21. The van der Waals surface area contributed by atoms with E-state index in [0.29, 0.717) is 0 Å². The molecule has 0 bridgehead atoms. The molecule has 130 valence electrons. The molecular formula is C25H20N2. The van der Waals surface area contributed by atoms with Crippen molar-refractivity contribution >= 4 is 33.2 Å². The number of rotatable bonds is 3. The van der Waals surface area contributed by atoms with E-state index in [9.17, 15) is 0 Å². The van der Waals surface area contributed by atoms with Gasteiger partial charge in [-0.05, 0) is 66.1 Å². The molecule has 1 aromatic heterocycles. The number of aryl methyl sites for hydroxylation is 1. The maximum Gasteiger partial charge on any atom is 0.0465 e. The highest BCUT2D eigenvalue weighted by molar-refractivity contribution is 6.08. The minimum atomic E-state index is 1.11. The van der Waals surface area contributed by atoms with Gasteiger partial charge in [-0.15, -0.1) is 0 Å². The predicted octanol–water partition coefficient (Wildman–Crippen LogP) is 7.04. The molecule has 2 nitrogen and oxygen atoms in total. The number of para-hydroxylation sites is 2. The topological polar surface area (TPSA) is 27.8 Å². The number of hydrogen-bond donors (Lipinski definition) is 2. The summed E-state index contributed by atoms with van der Waals surface area (Å²) in [5.41, 5.74) is 8.31. The Morgan fingerprint density at radius 1 is 0.630 bits per heavy atom. The largest absolute Gasteiger partial charge is 0.355 e. The maximum absolute atomic E-state index is 3.50. The van der Waals surface area contributed by atoms with Crippen LogP contribution in [0.25, 0.3) is 32.9 Å². The van der Waals surface area contributed by atoms with E-state index in [-0.39, 0.29) is 0 Å². The molecule has 2 N–H and O–H groups in total. The van der Waals surface area contributed by atoms with Gasteiger partial charge >= 0.3 is 0 Å². The maximum atomic E-state index is 3.50. The lowest BCUT2D eigenvalue weighted by Crippen LogP contribution is -1.93. The fourth-order valence-electron chi connectivity index (χ4n) is 3.69. The van der Waals surface area contributed by atoms with Gasteiger partial charge in [0.05, 0.1) is 0 Å². The number of aromatic amines is 1. The van der Waals surface area contributed by atoms with E-state index in [2.05, 4.69) is 90.0 Å². The molecule has 0 spiro atoms. The van der Waals surface area contributed by atoms with Crippen LogP contribution < -0.4 is 5.32 Å². The number of nitrogens with one attached hydrogen (secondary N) is 2. The Kier molecular flexibility index (Phi) is 3.68. The molecule has 2 heteroatoms. The molecule has 0 aliphatic carbocycles. The van der Waals surface area contributed by atoms with Gasteiger partial charge in [-0.25, -0.2) is 0 Å². The lowest BCUT2D eigenvalue weighted by Gasteiger charge is -2.11. The summed E-state index contributed by atoms with van der Waals surface area (Å²) in [7, 11) is 0. The number of H-pyrrole nitrogens is 1. The molecule has 0 amide bonds. The van der Waals surface area contributed by atoms with E-state index in [1.165, 1.54) is 38.5 Å². The zero-order chi connectivity index (χ0) is 18.2. The Bertz CT molecular complexity index is 1250. The molecule has 0 aliphatic rings. The van der Waals surface area contributed by atoms with Crippen LogP contribution in [-0.4, -0.2) is 4.98 Å². The zero-order valence-electron chi connectivity index (χ0n) is 15.2. The highest BCUT2D eigenvalue weighted by Gasteiger charge is 2.07. The summed E-state index contributed by atoms with van der Waals surface area (Å²) in [6, 6.07) is 32.0. The molecule has 0 fully saturated rings. The predicted molar refractivity (Wildman–Crippen MR) is 116 cm³/mol. The van der Waals surface area contributed by atoms with Crippen molar-refractivity contribution in [3.05, 3.63) is 96.6 Å². The fraction of sp³-hybridized carbons (Fsp3) is 0.0400. The van der Waals surface area contributed by atoms with Gasteiger partial charge in [0.15, 0.2) is 0 Å². The van der Waals surface area contributed by atoms with E-state index in [1.807, 2.05) is 18.2 Å². The molecular weight excluding hydrogens is 328 g/mol. The molecule has 27 heavy (non-hydrogen) atoms. The second-order valence-electron chi connectivity index (χ2n) is 6.95. The van der Waals surface area contributed by atoms with Crippen LogP contribution in [0.2, 0.25) is 0 Å². The molecule has 0 unspecified atom stereocenters. The Morgan fingerprint density at radius 3 is 2.19 bits per heavy atom. The summed E-state index contributed by atoms with van der Waals surface area (Å²) in [5, 5.41) is 6.04. The summed E-state index contributed by atoms with van der Waals surface area (Å²) in [5.74, 6) is 0. The highest BCUT2D eigenvalue weighted by atomic mass is 14.9. The summed E-state index contributed by atoms with van der Waals surface area (Å²) in [6.07, 6.45) is 0. The van der Waals surface area contributed by atoms with Crippen LogP contribution >= 0.6 is 0 Å². The lowest BCUT2D eigenvalue weighted by molar-refractivity contribution is 1.43. The van der Waals surface area contributed by atoms with Gasteiger partial charge in [0, 0.05) is 33.2 Å². The molecule has 1 heterocycles. The summed E-state index contributed by atoms with van der Waals surface area (Å²) in [4.78, 5) is 3.49. The van der Waals surface area contributed by atoms with Gasteiger partial charge in [-0.3, -0.25) is 0 Å². The number of fused-ring (bicyclic) bond motifs is 3. The van der Waals surface area contributed by atoms with Crippen molar-refractivity contribution in [1.29, 1.82) is 0 Å². The van der Waals surface area contributed by atoms with Gasteiger partial charge in [0.25, 0.3) is 0 Å². The monoisotopic (exact) mass is 348 g/mol. The van der Waals surface area contributed by atoms with Crippen molar-refractivity contribution in [1.82, 2.24) is 4.98 Å². The SMILES string of the molecule is Cc1cc(-c2ccc3[nH]c4ccccc4c3c2)ccc1Nc1ccccc1. The second kappa shape index (κ2) is 6.33. The smallest absolute Gasteiger partial charge is 0.0465 e. The number of anilines is 2. The van der Waals surface area contributed by atoms with Gasteiger partial charge in [0.2, 0.25) is 0 Å². The van der Waals surface area contributed by atoms with E-state index >= 15 is 0 Å². The highest BCUT2D eigenvalue weighted by Crippen LogP contribution is 2.32. The third kappa shape index (κ3) is 2.85. The number of aromatic nitrogens is 1. The number of benzene rings is 4. The quantitative estimate of drug-likeness (QED) is 0.359. The van der Waals surface area contributed by atoms with Crippen LogP contribution in [0.5, 0.6) is 0 Å². The van der Waals surface area contributed by atoms with Crippen molar-refractivity contribution in [2.45, 2.75) is 6.92 Å². The van der Waals surface area contributed by atoms with E-state index < -0.39 is 0 Å². The molecule has 4 aromatic carbocycles. The molecule has 0 saturated carbocycles. The van der Waals surface area contributed by atoms with Crippen LogP contribution in [0.3, 0.4) is 0 Å². The van der Waals surface area contributed by atoms with Crippen LogP contribution in [0.4, 0.5) is 11.4 Å². The van der Waals surface area contributed by atoms with Crippen LogP contribution in [0.1, 0.15) is 5.56 Å². The Labute approximate surface area is 158 Å². The average molecular weight is 348 g/mol. The molecule has 0 atom stereocenters. The Morgan fingerprint density at radius 2 is 1.33 bits per heavy atom. The molecule has 5 rings (SSSR count). The van der Waals surface area contributed by atoms with Crippen molar-refractivity contribution in [3.8, 4) is 11.1 Å². The first-order chi connectivity index (χ1) is 13.3. The minimum Gasteiger partial charge on any atom is -0.355 e. The third-order valence-electron chi connectivity index (χ3n) is 5.12.